The number of Topliss-reactive ketones (excluding diaryl/α,β-unsaturated/α-hetero) is 2. The van der Waals surface area contributed by atoms with Gasteiger partial charge in [0.2, 0.25) is 0 Å². The summed E-state index contributed by atoms with van der Waals surface area (Å²) in [6.45, 7) is 8.57. The number of rotatable bonds is 7. The number of benzene rings is 2. The molecule has 6 nitrogen and oxygen atoms in total. The average Bonchev–Trinajstić information content (AvgIpc) is 2.85. The molecule has 0 saturated heterocycles. The minimum Gasteiger partial charge on any atom is -0.487 e. The predicted molar refractivity (Wildman–Crippen MR) is 164 cm³/mol. The molecule has 222 valence electrons. The molecule has 2 aromatic carbocycles. The Bertz CT molecular complexity index is 1480. The van der Waals surface area contributed by atoms with E-state index in [0.717, 1.165) is 17.0 Å². The molecule has 0 atom stereocenters. The van der Waals surface area contributed by atoms with Crippen LogP contribution in [0, 0.1) is 16.6 Å². The van der Waals surface area contributed by atoms with Gasteiger partial charge in [0.05, 0.1) is 15.4 Å². The van der Waals surface area contributed by atoms with Gasteiger partial charge in [-0.3, -0.25) is 14.4 Å². The molecule has 9 heteroatoms. The van der Waals surface area contributed by atoms with E-state index in [1.54, 1.807) is 12.1 Å². The summed E-state index contributed by atoms with van der Waals surface area (Å²) in [6.07, 6.45) is 1.79. The number of ether oxygens (including phenoxy) is 1. The zero-order valence-corrected chi connectivity index (χ0v) is 27.3. The Balaban J connectivity index is 1.64. The largest absolute Gasteiger partial charge is 0.487 e. The minimum absolute atomic E-state index is 0.0190. The summed E-state index contributed by atoms with van der Waals surface area (Å²) in [5.74, 6) is -1.35. The van der Waals surface area contributed by atoms with E-state index in [1.807, 2.05) is 17.0 Å². The van der Waals surface area contributed by atoms with Crippen molar-refractivity contribution in [2.75, 3.05) is 6.54 Å². The molecular weight excluding hydrogens is 669 g/mol. The maximum Gasteiger partial charge on any atom is 0.305 e. The molecule has 1 heterocycles. The van der Waals surface area contributed by atoms with E-state index in [1.165, 1.54) is 12.1 Å². The highest BCUT2D eigenvalue weighted by molar-refractivity contribution is 9.11. The highest BCUT2D eigenvalue weighted by Crippen LogP contribution is 2.55. The normalized spacial score (nSPS) is 20.0. The van der Waals surface area contributed by atoms with Crippen molar-refractivity contribution >= 4 is 49.4 Å². The zero-order chi connectivity index (χ0) is 30.6. The van der Waals surface area contributed by atoms with Crippen molar-refractivity contribution in [1.29, 1.82) is 0 Å². The van der Waals surface area contributed by atoms with Crippen LogP contribution < -0.4 is 4.74 Å². The quantitative estimate of drug-likeness (QED) is 0.314. The third-order valence-electron chi connectivity index (χ3n) is 8.20. The third-order valence-corrected chi connectivity index (χ3v) is 9.38. The minimum atomic E-state index is -0.925. The number of carboxylic acid groups (broad SMARTS) is 1. The molecule has 0 saturated carbocycles. The van der Waals surface area contributed by atoms with Crippen molar-refractivity contribution in [3.05, 3.63) is 84.8 Å². The lowest BCUT2D eigenvalue weighted by Gasteiger charge is -2.49. The van der Waals surface area contributed by atoms with Crippen LogP contribution in [-0.4, -0.2) is 34.1 Å². The van der Waals surface area contributed by atoms with Gasteiger partial charge in [0.1, 0.15) is 18.2 Å². The Morgan fingerprint density at radius 1 is 0.952 bits per heavy atom. The number of carbonyl (C=O) groups is 3. The molecule has 0 unspecified atom stereocenters. The number of allylic oxidation sites excluding steroid dienone is 4. The van der Waals surface area contributed by atoms with Crippen molar-refractivity contribution in [2.45, 2.75) is 72.3 Å². The number of aliphatic carboxylic acids is 1. The van der Waals surface area contributed by atoms with Crippen LogP contribution in [0.3, 0.4) is 0 Å². The smallest absolute Gasteiger partial charge is 0.305 e. The Hall–Kier alpha value is -2.78. The summed E-state index contributed by atoms with van der Waals surface area (Å²) < 4.78 is 21.0. The molecule has 1 N–H and O–H groups in total. The SMILES string of the molecule is CC1(C)CC(=O)C2=C(C1)N(CCC(=O)O)C1=C(C(=O)CC(C)(C)C1)C2c1cc(Br)c(OCc2cccc(F)c2)c(Br)c1. The molecule has 1 aliphatic heterocycles. The molecule has 0 spiro atoms. The molecule has 2 aliphatic carbocycles. The van der Waals surface area contributed by atoms with Crippen LogP contribution in [0.1, 0.15) is 76.8 Å². The number of carboxylic acids is 1. The Morgan fingerprint density at radius 3 is 2.00 bits per heavy atom. The number of halogens is 3. The molecule has 2 aromatic rings. The Kier molecular flexibility index (Phi) is 8.31. The first-order valence-corrected chi connectivity index (χ1v) is 15.6. The molecule has 3 aliphatic rings. The summed E-state index contributed by atoms with van der Waals surface area (Å²) in [7, 11) is 0. The fourth-order valence-electron chi connectivity index (χ4n) is 6.52. The second-order valence-corrected chi connectivity index (χ2v) is 14.8. The van der Waals surface area contributed by atoms with Gasteiger partial charge in [-0.25, -0.2) is 4.39 Å². The van der Waals surface area contributed by atoms with Crippen LogP contribution in [-0.2, 0) is 21.0 Å². The first-order chi connectivity index (χ1) is 19.7. The van der Waals surface area contributed by atoms with Crippen molar-refractivity contribution in [1.82, 2.24) is 4.90 Å². The van der Waals surface area contributed by atoms with Crippen LogP contribution in [0.5, 0.6) is 5.75 Å². The highest BCUT2D eigenvalue weighted by atomic mass is 79.9. The second-order valence-electron chi connectivity index (χ2n) is 13.1. The molecule has 0 aromatic heterocycles. The van der Waals surface area contributed by atoms with Crippen LogP contribution in [0.25, 0.3) is 0 Å². The predicted octanol–water partition coefficient (Wildman–Crippen LogP) is 8.09. The van der Waals surface area contributed by atoms with E-state index in [0.29, 0.717) is 57.1 Å². The standard InChI is InChI=1S/C33H34Br2FNO5/c1-32(2)13-23-29(25(38)15-32)28(30-24(37(23)9-8-27(40)41)14-33(3,4)16-26(30)39)19-11-21(34)31(22(35)12-19)42-17-18-6-5-7-20(36)10-18/h5-7,10-12,28H,8-9,13-17H2,1-4H3,(H,40,41). The zero-order valence-electron chi connectivity index (χ0n) is 24.2. The number of carbonyl (C=O) groups excluding carboxylic acids is 2. The number of hydrogen-bond acceptors (Lipinski definition) is 5. The summed E-state index contributed by atoms with van der Waals surface area (Å²) in [4.78, 5) is 41.5. The first kappa shape index (κ1) is 30.7. The number of ketones is 2. The van der Waals surface area contributed by atoms with Crippen LogP contribution in [0.15, 0.2) is 67.9 Å². The van der Waals surface area contributed by atoms with Crippen LogP contribution in [0.4, 0.5) is 4.39 Å². The summed E-state index contributed by atoms with van der Waals surface area (Å²) >= 11 is 7.28. The molecule has 5 rings (SSSR count). The van der Waals surface area contributed by atoms with Gasteiger partial charge in [-0.2, -0.15) is 0 Å². The summed E-state index contributed by atoms with van der Waals surface area (Å²) in [6, 6.07) is 9.99. The highest BCUT2D eigenvalue weighted by Gasteiger charge is 2.49. The van der Waals surface area contributed by atoms with Gasteiger partial charge >= 0.3 is 5.97 Å². The maximum absolute atomic E-state index is 13.9. The number of nitrogens with zero attached hydrogens (tertiary/aromatic N) is 1. The average molecular weight is 703 g/mol. The van der Waals surface area contributed by atoms with E-state index in [2.05, 4.69) is 59.6 Å². The van der Waals surface area contributed by atoms with Gasteiger partial charge in [-0.1, -0.05) is 39.8 Å². The number of hydrogen-bond donors (Lipinski definition) is 1. The maximum atomic E-state index is 13.9. The fourth-order valence-corrected chi connectivity index (χ4v) is 7.98. The summed E-state index contributed by atoms with van der Waals surface area (Å²) in [5, 5.41) is 9.56. The van der Waals surface area contributed by atoms with E-state index in [4.69, 9.17) is 4.74 Å². The van der Waals surface area contributed by atoms with Crippen molar-refractivity contribution < 1.29 is 28.6 Å². The van der Waals surface area contributed by atoms with Crippen molar-refractivity contribution in [3.8, 4) is 5.75 Å². The molecule has 0 amide bonds. The van der Waals surface area contributed by atoms with Crippen LogP contribution >= 0.6 is 31.9 Å². The molecule has 0 radical (unpaired) electrons. The van der Waals surface area contributed by atoms with Crippen LogP contribution in [0.2, 0.25) is 0 Å². The van der Waals surface area contributed by atoms with E-state index >= 15 is 0 Å². The lowest BCUT2D eigenvalue weighted by molar-refractivity contribution is -0.137. The molecule has 0 bridgehead atoms. The Labute approximate surface area is 262 Å². The van der Waals surface area contributed by atoms with Crippen molar-refractivity contribution in [3.63, 3.8) is 0 Å². The van der Waals surface area contributed by atoms with Gasteiger partial charge in [-0.05, 0) is 90.9 Å². The molecular formula is C33H34Br2FNO5. The second kappa shape index (κ2) is 11.4. The van der Waals surface area contributed by atoms with E-state index < -0.39 is 11.9 Å². The van der Waals surface area contributed by atoms with Gasteiger partial charge in [0, 0.05) is 47.8 Å². The van der Waals surface area contributed by atoms with E-state index in [-0.39, 0.29) is 47.8 Å². The summed E-state index contributed by atoms with van der Waals surface area (Å²) in [5.41, 5.74) is 3.66. The lowest BCUT2D eigenvalue weighted by Crippen LogP contribution is -2.45. The Morgan fingerprint density at radius 2 is 1.50 bits per heavy atom. The lowest BCUT2D eigenvalue weighted by atomic mass is 9.63. The van der Waals surface area contributed by atoms with Gasteiger partial charge in [0.25, 0.3) is 0 Å². The van der Waals surface area contributed by atoms with Gasteiger partial charge < -0.3 is 14.7 Å². The molecule has 42 heavy (non-hydrogen) atoms. The van der Waals surface area contributed by atoms with E-state index in [9.17, 15) is 23.9 Å². The first-order valence-electron chi connectivity index (χ1n) is 14.0. The third kappa shape index (κ3) is 6.13. The van der Waals surface area contributed by atoms with Gasteiger partial charge in [0.15, 0.2) is 11.6 Å². The fraction of sp³-hybridized carbons (Fsp3) is 0.424. The topological polar surface area (TPSA) is 83.9 Å². The van der Waals surface area contributed by atoms with Gasteiger partial charge in [-0.15, -0.1) is 0 Å². The monoisotopic (exact) mass is 701 g/mol. The molecule has 0 fully saturated rings. The van der Waals surface area contributed by atoms with Crippen molar-refractivity contribution in [2.24, 2.45) is 10.8 Å².